The molecule has 1 N–H and O–H groups in total. The minimum Gasteiger partial charge on any atom is -0.478 e. The van der Waals surface area contributed by atoms with Crippen molar-refractivity contribution in [2.24, 2.45) is 0 Å². The molecule has 0 aromatic heterocycles. The lowest BCUT2D eigenvalue weighted by molar-refractivity contribution is -0.145. The van der Waals surface area contributed by atoms with E-state index in [0.29, 0.717) is 10.8 Å². The highest BCUT2D eigenvalue weighted by Gasteiger charge is 2.21. The standard InChI is InChI=1S/C16H15ClO3/c1-11-12(6-5-9-14(11)17)10-15(16(18)19)20-13-7-3-2-4-8-13/h2-9,15H,10H2,1H3,(H,18,19). The second-order valence-electron chi connectivity index (χ2n) is 4.49. The van der Waals surface area contributed by atoms with Crippen LogP contribution in [0.1, 0.15) is 11.1 Å². The van der Waals surface area contributed by atoms with Crippen molar-refractivity contribution in [1.29, 1.82) is 0 Å². The molecule has 0 saturated heterocycles. The van der Waals surface area contributed by atoms with E-state index in [-0.39, 0.29) is 6.42 Å². The summed E-state index contributed by atoms with van der Waals surface area (Å²) in [6, 6.07) is 14.4. The van der Waals surface area contributed by atoms with Crippen molar-refractivity contribution in [3.63, 3.8) is 0 Å². The highest BCUT2D eigenvalue weighted by molar-refractivity contribution is 6.31. The summed E-state index contributed by atoms with van der Waals surface area (Å²) in [7, 11) is 0. The molecule has 20 heavy (non-hydrogen) atoms. The predicted octanol–water partition coefficient (Wildman–Crippen LogP) is 3.72. The van der Waals surface area contributed by atoms with E-state index in [1.165, 1.54) is 0 Å². The predicted molar refractivity (Wildman–Crippen MR) is 78.4 cm³/mol. The molecular formula is C16H15ClO3. The van der Waals surface area contributed by atoms with E-state index >= 15 is 0 Å². The number of carboxylic acid groups (broad SMARTS) is 1. The Balaban J connectivity index is 2.18. The number of para-hydroxylation sites is 1. The minimum atomic E-state index is -0.992. The average molecular weight is 291 g/mol. The van der Waals surface area contributed by atoms with Crippen LogP contribution in [-0.4, -0.2) is 17.2 Å². The Bertz CT molecular complexity index is 596. The van der Waals surface area contributed by atoms with Crippen molar-refractivity contribution in [3.8, 4) is 5.75 Å². The first-order chi connectivity index (χ1) is 9.58. The van der Waals surface area contributed by atoms with Crippen molar-refractivity contribution >= 4 is 17.6 Å². The molecule has 0 saturated carbocycles. The Labute approximate surface area is 122 Å². The fourth-order valence-corrected chi connectivity index (χ4v) is 2.11. The Morgan fingerprint density at radius 1 is 1.20 bits per heavy atom. The van der Waals surface area contributed by atoms with E-state index in [0.717, 1.165) is 11.1 Å². The van der Waals surface area contributed by atoms with Crippen LogP contribution in [-0.2, 0) is 11.2 Å². The zero-order chi connectivity index (χ0) is 14.5. The molecule has 0 heterocycles. The Hall–Kier alpha value is -2.00. The SMILES string of the molecule is Cc1c(Cl)cccc1CC(Oc1ccccc1)C(=O)O. The molecule has 104 valence electrons. The van der Waals surface area contributed by atoms with Crippen LogP contribution in [0.3, 0.4) is 0 Å². The van der Waals surface area contributed by atoms with Crippen LogP contribution >= 0.6 is 11.6 Å². The van der Waals surface area contributed by atoms with Crippen LogP contribution in [0.4, 0.5) is 0 Å². The molecule has 0 radical (unpaired) electrons. The van der Waals surface area contributed by atoms with Gasteiger partial charge in [0.2, 0.25) is 0 Å². The molecule has 1 unspecified atom stereocenters. The maximum atomic E-state index is 11.3. The van der Waals surface area contributed by atoms with Crippen molar-refractivity contribution in [2.45, 2.75) is 19.4 Å². The number of carboxylic acids is 1. The fourth-order valence-electron chi connectivity index (χ4n) is 1.92. The number of hydrogen-bond acceptors (Lipinski definition) is 2. The normalized spacial score (nSPS) is 11.9. The lowest BCUT2D eigenvalue weighted by atomic mass is 10.0. The molecule has 0 amide bonds. The molecule has 2 rings (SSSR count). The zero-order valence-electron chi connectivity index (χ0n) is 11.0. The summed E-state index contributed by atoms with van der Waals surface area (Å²) in [6.45, 7) is 1.87. The first-order valence-corrected chi connectivity index (χ1v) is 6.64. The minimum absolute atomic E-state index is 0.274. The summed E-state index contributed by atoms with van der Waals surface area (Å²) in [5, 5.41) is 9.93. The molecule has 2 aromatic carbocycles. The summed E-state index contributed by atoms with van der Waals surface area (Å²) in [5.74, 6) is -0.451. The molecule has 1 atom stereocenters. The summed E-state index contributed by atoms with van der Waals surface area (Å²) in [6.07, 6.45) is -0.661. The van der Waals surface area contributed by atoms with Crippen molar-refractivity contribution in [1.82, 2.24) is 0 Å². The van der Waals surface area contributed by atoms with Crippen molar-refractivity contribution in [2.75, 3.05) is 0 Å². The molecular weight excluding hydrogens is 276 g/mol. The van der Waals surface area contributed by atoms with E-state index in [9.17, 15) is 9.90 Å². The number of rotatable bonds is 5. The number of benzene rings is 2. The third-order valence-electron chi connectivity index (χ3n) is 3.08. The van der Waals surface area contributed by atoms with Crippen molar-refractivity contribution < 1.29 is 14.6 Å². The van der Waals surface area contributed by atoms with Gasteiger partial charge in [0, 0.05) is 11.4 Å². The molecule has 4 heteroatoms. The van der Waals surface area contributed by atoms with Gasteiger partial charge >= 0.3 is 5.97 Å². The number of hydrogen-bond donors (Lipinski definition) is 1. The third kappa shape index (κ3) is 3.52. The van der Waals surface area contributed by atoms with Gasteiger partial charge in [0.05, 0.1) is 0 Å². The first kappa shape index (κ1) is 14.4. The van der Waals surface area contributed by atoms with Gasteiger partial charge in [0.25, 0.3) is 0 Å². The van der Waals surface area contributed by atoms with Gasteiger partial charge in [-0.2, -0.15) is 0 Å². The van der Waals surface area contributed by atoms with Crippen LogP contribution in [0.5, 0.6) is 5.75 Å². The lowest BCUT2D eigenvalue weighted by Crippen LogP contribution is -2.29. The monoisotopic (exact) mass is 290 g/mol. The first-order valence-electron chi connectivity index (χ1n) is 6.26. The van der Waals surface area contributed by atoms with Crippen LogP contribution < -0.4 is 4.74 Å². The second kappa shape index (κ2) is 6.44. The number of halogens is 1. The average Bonchev–Trinajstić information content (AvgIpc) is 2.44. The quantitative estimate of drug-likeness (QED) is 0.913. The number of aliphatic carboxylic acids is 1. The summed E-state index contributed by atoms with van der Waals surface area (Å²) >= 11 is 6.05. The highest BCUT2D eigenvalue weighted by Crippen LogP contribution is 2.21. The van der Waals surface area contributed by atoms with E-state index in [1.807, 2.05) is 25.1 Å². The summed E-state index contributed by atoms with van der Waals surface area (Å²) in [5.41, 5.74) is 1.76. The molecule has 0 aliphatic carbocycles. The Morgan fingerprint density at radius 3 is 2.55 bits per heavy atom. The summed E-state index contributed by atoms with van der Waals surface area (Å²) in [4.78, 5) is 11.3. The topological polar surface area (TPSA) is 46.5 Å². The van der Waals surface area contributed by atoms with Crippen LogP contribution in [0, 0.1) is 6.92 Å². The van der Waals surface area contributed by atoms with E-state index in [2.05, 4.69) is 0 Å². The van der Waals surface area contributed by atoms with Crippen LogP contribution in [0.15, 0.2) is 48.5 Å². The van der Waals surface area contributed by atoms with Crippen molar-refractivity contribution in [3.05, 3.63) is 64.7 Å². The van der Waals surface area contributed by atoms with Crippen LogP contribution in [0.2, 0.25) is 5.02 Å². The van der Waals surface area contributed by atoms with E-state index in [4.69, 9.17) is 16.3 Å². The number of carbonyl (C=O) groups is 1. The highest BCUT2D eigenvalue weighted by atomic mass is 35.5. The fraction of sp³-hybridized carbons (Fsp3) is 0.188. The van der Waals surface area contributed by atoms with Gasteiger partial charge in [0.15, 0.2) is 6.10 Å². The molecule has 3 nitrogen and oxygen atoms in total. The van der Waals surface area contributed by atoms with Gasteiger partial charge < -0.3 is 9.84 Å². The second-order valence-corrected chi connectivity index (χ2v) is 4.89. The van der Waals surface area contributed by atoms with Gasteiger partial charge in [0.1, 0.15) is 5.75 Å². The smallest absolute Gasteiger partial charge is 0.345 e. The molecule has 0 spiro atoms. The summed E-state index contributed by atoms with van der Waals surface area (Å²) < 4.78 is 5.53. The molecule has 2 aromatic rings. The molecule has 0 aliphatic rings. The van der Waals surface area contributed by atoms with Gasteiger partial charge in [-0.1, -0.05) is 41.9 Å². The van der Waals surface area contributed by atoms with E-state index < -0.39 is 12.1 Å². The zero-order valence-corrected chi connectivity index (χ0v) is 11.8. The largest absolute Gasteiger partial charge is 0.478 e. The maximum absolute atomic E-state index is 11.3. The molecule has 0 fully saturated rings. The van der Waals surface area contributed by atoms with E-state index in [1.54, 1.807) is 30.3 Å². The van der Waals surface area contributed by atoms with Gasteiger partial charge in [-0.3, -0.25) is 0 Å². The van der Waals surface area contributed by atoms with Gasteiger partial charge in [-0.05, 0) is 36.2 Å². The molecule has 0 bridgehead atoms. The van der Waals surface area contributed by atoms with Gasteiger partial charge in [-0.25, -0.2) is 4.79 Å². The third-order valence-corrected chi connectivity index (χ3v) is 3.49. The Morgan fingerprint density at radius 2 is 1.90 bits per heavy atom. The lowest BCUT2D eigenvalue weighted by Gasteiger charge is -2.16. The maximum Gasteiger partial charge on any atom is 0.345 e. The number of ether oxygens (including phenoxy) is 1. The Kier molecular flexibility index (Phi) is 4.64. The van der Waals surface area contributed by atoms with Crippen LogP contribution in [0.25, 0.3) is 0 Å². The molecule has 0 aliphatic heterocycles. The van der Waals surface area contributed by atoms with Gasteiger partial charge in [-0.15, -0.1) is 0 Å².